The van der Waals surface area contributed by atoms with Gasteiger partial charge in [0.1, 0.15) is 11.4 Å². The minimum atomic E-state index is -4.67. The molecule has 3 rings (SSSR count). The average molecular weight is 443 g/mol. The van der Waals surface area contributed by atoms with Gasteiger partial charge in [-0.15, -0.1) is 0 Å². The number of anilines is 3. The number of halogens is 3. The van der Waals surface area contributed by atoms with Gasteiger partial charge in [0.2, 0.25) is 5.95 Å². The van der Waals surface area contributed by atoms with Crippen LogP contribution in [-0.2, 0) is 15.9 Å². The van der Waals surface area contributed by atoms with Crippen molar-refractivity contribution >= 4 is 27.2 Å². The molecule has 2 aromatic rings. The highest BCUT2D eigenvalue weighted by molar-refractivity contribution is 7.93. The lowest BCUT2D eigenvalue weighted by molar-refractivity contribution is -0.137. The van der Waals surface area contributed by atoms with Crippen molar-refractivity contribution in [2.75, 3.05) is 10.6 Å². The van der Waals surface area contributed by atoms with Crippen molar-refractivity contribution in [3.8, 4) is 0 Å². The Hall–Kier alpha value is -2.40. The summed E-state index contributed by atoms with van der Waals surface area (Å²) in [5, 5.41) is 15.3. The molecule has 7 nitrogen and oxygen atoms in total. The molecular formula is C19H24F3N5O2S. The Kier molecular flexibility index (Phi) is 5.72. The lowest BCUT2D eigenvalue weighted by Gasteiger charge is -2.28. The van der Waals surface area contributed by atoms with Gasteiger partial charge in [-0.05, 0) is 57.9 Å². The molecule has 11 heteroatoms. The summed E-state index contributed by atoms with van der Waals surface area (Å²) >= 11 is 0. The Balaban J connectivity index is 1.85. The van der Waals surface area contributed by atoms with Crippen molar-refractivity contribution in [3.63, 3.8) is 0 Å². The van der Waals surface area contributed by atoms with E-state index < -0.39 is 38.9 Å². The molecule has 1 aliphatic carbocycles. The van der Waals surface area contributed by atoms with Crippen LogP contribution in [0.5, 0.6) is 0 Å². The second-order valence-corrected chi connectivity index (χ2v) is 10.3. The minimum absolute atomic E-state index is 0.0741. The van der Waals surface area contributed by atoms with E-state index in [9.17, 15) is 22.5 Å². The van der Waals surface area contributed by atoms with Crippen molar-refractivity contribution in [1.29, 1.82) is 4.78 Å². The van der Waals surface area contributed by atoms with Crippen LogP contribution in [0.1, 0.15) is 39.2 Å². The fraction of sp³-hybridized carbons (Fsp3) is 0.474. The molecule has 0 spiro atoms. The summed E-state index contributed by atoms with van der Waals surface area (Å²) in [5.74, 6) is -0.524. The number of aliphatic hydroxyl groups is 1. The number of nitrogens with one attached hydrogen (secondary N) is 3. The first-order valence-electron chi connectivity index (χ1n) is 9.36. The summed E-state index contributed by atoms with van der Waals surface area (Å²) in [6.45, 7) is 4.50. The number of hydrogen-bond acceptors (Lipinski definition) is 7. The predicted octanol–water partition coefficient (Wildman–Crippen LogP) is 4.38. The Labute approximate surface area is 173 Å². The van der Waals surface area contributed by atoms with E-state index in [0.29, 0.717) is 16.8 Å². The molecule has 164 valence electrons. The molecule has 0 radical (unpaired) electrons. The monoisotopic (exact) mass is 443 g/mol. The summed E-state index contributed by atoms with van der Waals surface area (Å²) in [7, 11) is -2.83. The van der Waals surface area contributed by atoms with Crippen LogP contribution in [0.2, 0.25) is 0 Å². The van der Waals surface area contributed by atoms with Crippen LogP contribution in [0.3, 0.4) is 0 Å². The Bertz CT molecular complexity index is 1010. The van der Waals surface area contributed by atoms with Crippen molar-refractivity contribution in [1.82, 2.24) is 9.97 Å². The SMILES string of the molecule is C[C@@H](Nc1nc(Nc2ccc(S(=N)(=O)C3CC3)cc2)ncc1C(F)(F)F)C(C)(C)O. The van der Waals surface area contributed by atoms with Crippen molar-refractivity contribution in [2.24, 2.45) is 0 Å². The van der Waals surface area contributed by atoms with Gasteiger partial charge >= 0.3 is 6.18 Å². The number of aromatic nitrogens is 2. The van der Waals surface area contributed by atoms with E-state index in [-0.39, 0.29) is 11.2 Å². The highest BCUT2D eigenvalue weighted by atomic mass is 32.2. The number of benzene rings is 1. The number of alkyl halides is 3. The highest BCUT2D eigenvalue weighted by Gasteiger charge is 2.37. The number of hydrogen-bond donors (Lipinski definition) is 4. The third-order valence-corrected chi connectivity index (χ3v) is 7.34. The molecule has 0 bridgehead atoms. The van der Waals surface area contributed by atoms with E-state index in [2.05, 4.69) is 20.6 Å². The number of rotatable bonds is 7. The molecule has 0 saturated heterocycles. The Morgan fingerprint density at radius 3 is 2.33 bits per heavy atom. The van der Waals surface area contributed by atoms with E-state index >= 15 is 0 Å². The van der Waals surface area contributed by atoms with E-state index in [1.165, 1.54) is 13.8 Å². The van der Waals surface area contributed by atoms with Gasteiger partial charge in [0, 0.05) is 22.0 Å². The molecule has 1 aliphatic rings. The van der Waals surface area contributed by atoms with Crippen molar-refractivity contribution < 1.29 is 22.5 Å². The Morgan fingerprint density at radius 1 is 1.23 bits per heavy atom. The standard InChI is InChI=1S/C19H24F3N5O2S/c1-11(18(2,3)28)25-16-15(19(20,21)22)10-24-17(27-16)26-12-4-6-13(7-5-12)30(23,29)14-8-9-14/h4-7,10-11,14,23,28H,8-9H2,1-3H3,(H2,24,25,26,27)/t11-,30?/m1/s1. The normalized spacial score (nSPS) is 17.8. The molecular weight excluding hydrogens is 419 g/mol. The topological polar surface area (TPSA) is 111 Å². The minimum Gasteiger partial charge on any atom is -0.388 e. The summed E-state index contributed by atoms with van der Waals surface area (Å²) in [6.07, 6.45) is -2.44. The molecule has 1 aromatic heterocycles. The lowest BCUT2D eigenvalue weighted by atomic mass is 10.0. The highest BCUT2D eigenvalue weighted by Crippen LogP contribution is 2.36. The van der Waals surface area contributed by atoms with Gasteiger partial charge in [-0.3, -0.25) is 0 Å². The molecule has 2 atom stereocenters. The van der Waals surface area contributed by atoms with Crippen LogP contribution in [0.25, 0.3) is 0 Å². The molecule has 4 N–H and O–H groups in total. The fourth-order valence-electron chi connectivity index (χ4n) is 2.60. The second-order valence-electron chi connectivity index (χ2n) is 7.92. The zero-order valence-electron chi connectivity index (χ0n) is 16.7. The molecule has 1 fully saturated rings. The summed E-state index contributed by atoms with van der Waals surface area (Å²) < 4.78 is 60.5. The second kappa shape index (κ2) is 7.69. The van der Waals surface area contributed by atoms with Crippen LogP contribution in [-0.4, -0.2) is 36.2 Å². The van der Waals surface area contributed by atoms with Crippen molar-refractivity contribution in [3.05, 3.63) is 36.0 Å². The predicted molar refractivity (Wildman–Crippen MR) is 108 cm³/mol. The van der Waals surface area contributed by atoms with Gasteiger partial charge in [-0.1, -0.05) is 0 Å². The number of nitrogens with zero attached hydrogens (tertiary/aromatic N) is 2. The van der Waals surface area contributed by atoms with Gasteiger partial charge in [0.05, 0.1) is 21.4 Å². The van der Waals surface area contributed by atoms with Gasteiger partial charge in [-0.25, -0.2) is 14.0 Å². The van der Waals surface area contributed by atoms with Crippen molar-refractivity contribution in [2.45, 2.75) is 61.6 Å². The van der Waals surface area contributed by atoms with E-state index in [0.717, 1.165) is 12.8 Å². The van der Waals surface area contributed by atoms with Crippen LogP contribution >= 0.6 is 0 Å². The first-order valence-corrected chi connectivity index (χ1v) is 11.0. The van der Waals surface area contributed by atoms with Crippen LogP contribution in [0, 0.1) is 4.78 Å². The molecule has 30 heavy (non-hydrogen) atoms. The summed E-state index contributed by atoms with van der Waals surface area (Å²) in [6, 6.07) is 5.58. The largest absolute Gasteiger partial charge is 0.421 e. The van der Waals surface area contributed by atoms with E-state index in [1.807, 2.05) is 0 Å². The van der Waals surface area contributed by atoms with Gasteiger partial charge in [-0.2, -0.15) is 18.2 Å². The molecule has 1 heterocycles. The van der Waals surface area contributed by atoms with Gasteiger partial charge in [0.25, 0.3) is 0 Å². The maximum atomic E-state index is 13.3. The first kappa shape index (κ1) is 22.3. The summed E-state index contributed by atoms with van der Waals surface area (Å²) in [5.41, 5.74) is -1.84. The van der Waals surface area contributed by atoms with E-state index in [4.69, 9.17) is 4.78 Å². The molecule has 0 amide bonds. The Morgan fingerprint density at radius 2 is 1.83 bits per heavy atom. The van der Waals surface area contributed by atoms with Crippen LogP contribution < -0.4 is 10.6 Å². The maximum absolute atomic E-state index is 13.3. The quantitative estimate of drug-likeness (QED) is 0.506. The van der Waals surface area contributed by atoms with E-state index in [1.54, 1.807) is 31.2 Å². The van der Waals surface area contributed by atoms with Crippen LogP contribution in [0.4, 0.5) is 30.6 Å². The smallest absolute Gasteiger partial charge is 0.388 e. The average Bonchev–Trinajstić information content (AvgIpc) is 3.46. The molecule has 0 aliphatic heterocycles. The molecule has 1 saturated carbocycles. The fourth-order valence-corrected chi connectivity index (χ4v) is 4.33. The van der Waals surface area contributed by atoms with Gasteiger partial charge < -0.3 is 15.7 Å². The third kappa shape index (κ3) is 5.01. The lowest BCUT2D eigenvalue weighted by Crippen LogP contribution is -2.40. The maximum Gasteiger partial charge on any atom is 0.421 e. The third-order valence-electron chi connectivity index (χ3n) is 4.96. The van der Waals surface area contributed by atoms with Gasteiger partial charge in [0.15, 0.2) is 0 Å². The first-order chi connectivity index (χ1) is 13.8. The summed E-state index contributed by atoms with van der Waals surface area (Å²) in [4.78, 5) is 8.10. The molecule has 1 aromatic carbocycles. The van der Waals surface area contributed by atoms with Crippen LogP contribution in [0.15, 0.2) is 35.4 Å². The zero-order valence-corrected chi connectivity index (χ0v) is 17.6. The zero-order chi connectivity index (χ0) is 22.3. The molecule has 1 unspecified atom stereocenters.